The van der Waals surface area contributed by atoms with Crippen LogP contribution in [0.15, 0.2) is 72.9 Å². The second-order valence-electron chi connectivity index (χ2n) is 7.51. The van der Waals surface area contributed by atoms with Crippen LogP contribution in [0.25, 0.3) is 16.6 Å². The van der Waals surface area contributed by atoms with E-state index in [4.69, 9.17) is 4.74 Å². The van der Waals surface area contributed by atoms with E-state index in [1.807, 2.05) is 66.6 Å². The lowest BCUT2D eigenvalue weighted by Gasteiger charge is -2.32. The highest BCUT2D eigenvalue weighted by molar-refractivity contribution is 5.95. The Morgan fingerprint density at radius 2 is 1.80 bits per heavy atom. The number of nitrogens with zero attached hydrogens (tertiary/aromatic N) is 4. The van der Waals surface area contributed by atoms with Gasteiger partial charge in [0.2, 0.25) is 0 Å². The molecule has 2 aromatic heterocycles. The van der Waals surface area contributed by atoms with E-state index >= 15 is 0 Å². The SMILES string of the molecule is Cc1ccccc1C(=O)N1CCO[C@H](c2nnn3cc(-c4ccccc4)ccc23)C1. The molecule has 0 saturated carbocycles. The Bertz CT molecular complexity index is 1200. The summed E-state index contributed by atoms with van der Waals surface area (Å²) in [7, 11) is 0. The average molecular weight is 398 g/mol. The largest absolute Gasteiger partial charge is 0.368 e. The van der Waals surface area contributed by atoms with Crippen LogP contribution in [0.1, 0.15) is 27.7 Å². The van der Waals surface area contributed by atoms with Crippen LogP contribution in [0.2, 0.25) is 0 Å². The van der Waals surface area contributed by atoms with Crippen LogP contribution < -0.4 is 0 Å². The number of aryl methyl sites for hydroxylation is 1. The number of morpholine rings is 1. The number of hydrogen-bond donors (Lipinski definition) is 0. The number of carbonyl (C=O) groups is 1. The lowest BCUT2D eigenvalue weighted by atomic mass is 10.1. The standard InChI is InChI=1S/C24H22N4O2/c1-17-7-5-6-10-20(17)24(29)27-13-14-30-22(16-27)23-21-12-11-19(15-28(21)26-25-23)18-8-3-2-4-9-18/h2-12,15,22H,13-14,16H2,1H3/t22-/m0/s1. The summed E-state index contributed by atoms with van der Waals surface area (Å²) in [6, 6.07) is 21.9. The molecule has 0 N–H and O–H groups in total. The Hall–Kier alpha value is -3.51. The molecule has 1 aliphatic rings. The smallest absolute Gasteiger partial charge is 0.254 e. The van der Waals surface area contributed by atoms with E-state index in [2.05, 4.69) is 28.5 Å². The fourth-order valence-corrected chi connectivity index (χ4v) is 3.93. The highest BCUT2D eigenvalue weighted by Gasteiger charge is 2.29. The molecular formula is C24H22N4O2. The van der Waals surface area contributed by atoms with Gasteiger partial charge in [0.1, 0.15) is 11.8 Å². The van der Waals surface area contributed by atoms with Crippen LogP contribution in [0.5, 0.6) is 0 Å². The third-order valence-electron chi connectivity index (χ3n) is 5.58. The minimum absolute atomic E-state index is 0.0317. The first kappa shape index (κ1) is 18.5. The maximum absolute atomic E-state index is 13.0. The zero-order chi connectivity index (χ0) is 20.5. The summed E-state index contributed by atoms with van der Waals surface area (Å²) in [5.74, 6) is 0.0317. The highest BCUT2D eigenvalue weighted by Crippen LogP contribution is 2.27. The second-order valence-corrected chi connectivity index (χ2v) is 7.51. The van der Waals surface area contributed by atoms with Crippen LogP contribution in [0.4, 0.5) is 0 Å². The molecule has 4 aromatic rings. The van der Waals surface area contributed by atoms with Crippen molar-refractivity contribution in [2.45, 2.75) is 13.0 Å². The van der Waals surface area contributed by atoms with Crippen molar-refractivity contribution in [2.24, 2.45) is 0 Å². The van der Waals surface area contributed by atoms with E-state index in [-0.39, 0.29) is 12.0 Å². The molecule has 0 bridgehead atoms. The van der Waals surface area contributed by atoms with Crippen molar-refractivity contribution in [3.05, 3.63) is 89.7 Å². The molecule has 6 nitrogen and oxygen atoms in total. The molecule has 1 saturated heterocycles. The molecule has 150 valence electrons. The Morgan fingerprint density at radius 3 is 2.63 bits per heavy atom. The summed E-state index contributed by atoms with van der Waals surface area (Å²) in [6.07, 6.45) is 1.67. The van der Waals surface area contributed by atoms with Crippen LogP contribution in [-0.2, 0) is 4.74 Å². The minimum Gasteiger partial charge on any atom is -0.368 e. The fraction of sp³-hybridized carbons (Fsp3) is 0.208. The average Bonchev–Trinajstić information content (AvgIpc) is 3.23. The number of ether oxygens (including phenoxy) is 1. The predicted octanol–water partition coefficient (Wildman–Crippen LogP) is 3.92. The lowest BCUT2D eigenvalue weighted by Crippen LogP contribution is -2.42. The van der Waals surface area contributed by atoms with Crippen LogP contribution in [-0.4, -0.2) is 45.3 Å². The van der Waals surface area contributed by atoms with Gasteiger partial charge in [0, 0.05) is 23.9 Å². The molecule has 0 radical (unpaired) electrons. The molecule has 0 spiro atoms. The molecule has 0 unspecified atom stereocenters. The molecule has 1 fully saturated rings. The van der Waals surface area contributed by atoms with Crippen molar-refractivity contribution in [3.63, 3.8) is 0 Å². The van der Waals surface area contributed by atoms with Crippen molar-refractivity contribution in [1.82, 2.24) is 19.7 Å². The Balaban J connectivity index is 1.41. The third kappa shape index (κ3) is 3.35. The van der Waals surface area contributed by atoms with Gasteiger partial charge in [0.25, 0.3) is 5.91 Å². The number of hydrogen-bond acceptors (Lipinski definition) is 4. The number of aromatic nitrogens is 3. The summed E-state index contributed by atoms with van der Waals surface area (Å²) in [5, 5.41) is 8.69. The number of rotatable bonds is 3. The second kappa shape index (κ2) is 7.72. The summed E-state index contributed by atoms with van der Waals surface area (Å²) in [6.45, 7) is 3.47. The maximum Gasteiger partial charge on any atom is 0.254 e. The van der Waals surface area contributed by atoms with E-state index in [0.29, 0.717) is 19.7 Å². The van der Waals surface area contributed by atoms with Crippen LogP contribution in [0.3, 0.4) is 0 Å². The molecule has 5 rings (SSSR count). The first-order valence-electron chi connectivity index (χ1n) is 10.1. The monoisotopic (exact) mass is 398 g/mol. The van der Waals surface area contributed by atoms with E-state index < -0.39 is 0 Å². The summed E-state index contributed by atoms with van der Waals surface area (Å²) in [4.78, 5) is 14.9. The number of pyridine rings is 1. The Morgan fingerprint density at radius 1 is 1.00 bits per heavy atom. The van der Waals surface area contributed by atoms with Gasteiger partial charge in [-0.25, -0.2) is 4.52 Å². The zero-order valence-electron chi connectivity index (χ0n) is 16.7. The van der Waals surface area contributed by atoms with E-state index in [1.165, 1.54) is 0 Å². The normalized spacial score (nSPS) is 16.7. The number of fused-ring (bicyclic) bond motifs is 1. The predicted molar refractivity (Wildman–Crippen MR) is 114 cm³/mol. The summed E-state index contributed by atoms with van der Waals surface area (Å²) in [5.41, 5.74) is 5.56. The van der Waals surface area contributed by atoms with Gasteiger partial charge in [-0.15, -0.1) is 5.10 Å². The first-order chi connectivity index (χ1) is 14.7. The Kier molecular flexibility index (Phi) is 4.77. The van der Waals surface area contributed by atoms with Gasteiger partial charge in [-0.1, -0.05) is 59.8 Å². The topological polar surface area (TPSA) is 59.7 Å². The van der Waals surface area contributed by atoms with E-state index in [0.717, 1.165) is 33.5 Å². The lowest BCUT2D eigenvalue weighted by molar-refractivity contribution is -0.0241. The van der Waals surface area contributed by atoms with Crippen molar-refractivity contribution in [3.8, 4) is 11.1 Å². The summed E-state index contributed by atoms with van der Waals surface area (Å²) < 4.78 is 7.76. The quantitative estimate of drug-likeness (QED) is 0.525. The molecular weight excluding hydrogens is 376 g/mol. The molecule has 2 aromatic carbocycles. The molecule has 1 atom stereocenters. The number of benzene rings is 2. The molecule has 6 heteroatoms. The van der Waals surface area contributed by atoms with E-state index in [1.54, 1.807) is 4.52 Å². The fourth-order valence-electron chi connectivity index (χ4n) is 3.93. The van der Waals surface area contributed by atoms with Gasteiger partial charge in [-0.3, -0.25) is 4.79 Å². The Labute approximate surface area is 174 Å². The molecule has 3 heterocycles. The van der Waals surface area contributed by atoms with Gasteiger partial charge >= 0.3 is 0 Å². The van der Waals surface area contributed by atoms with Crippen molar-refractivity contribution in [2.75, 3.05) is 19.7 Å². The van der Waals surface area contributed by atoms with Crippen LogP contribution in [0, 0.1) is 6.92 Å². The van der Waals surface area contributed by atoms with Gasteiger partial charge in [-0.05, 0) is 30.2 Å². The maximum atomic E-state index is 13.0. The van der Waals surface area contributed by atoms with Gasteiger partial charge in [0.05, 0.1) is 18.7 Å². The third-order valence-corrected chi connectivity index (χ3v) is 5.58. The minimum atomic E-state index is -0.299. The molecule has 1 amide bonds. The van der Waals surface area contributed by atoms with Gasteiger partial charge in [-0.2, -0.15) is 0 Å². The molecule has 1 aliphatic heterocycles. The van der Waals surface area contributed by atoms with Crippen LogP contribution >= 0.6 is 0 Å². The van der Waals surface area contributed by atoms with Crippen molar-refractivity contribution >= 4 is 11.4 Å². The van der Waals surface area contributed by atoms with Gasteiger partial charge in [0.15, 0.2) is 0 Å². The summed E-state index contributed by atoms with van der Waals surface area (Å²) >= 11 is 0. The zero-order valence-corrected chi connectivity index (χ0v) is 16.7. The first-order valence-corrected chi connectivity index (χ1v) is 10.1. The van der Waals surface area contributed by atoms with E-state index in [9.17, 15) is 4.79 Å². The van der Waals surface area contributed by atoms with Gasteiger partial charge < -0.3 is 9.64 Å². The molecule has 30 heavy (non-hydrogen) atoms. The number of carbonyl (C=O) groups excluding carboxylic acids is 1. The van der Waals surface area contributed by atoms with Crippen molar-refractivity contribution < 1.29 is 9.53 Å². The van der Waals surface area contributed by atoms with Crippen molar-refractivity contribution in [1.29, 1.82) is 0 Å². The molecule has 0 aliphatic carbocycles. The number of amides is 1. The highest BCUT2D eigenvalue weighted by atomic mass is 16.5.